The smallest absolute Gasteiger partial charge is 0.372 e. The molecule has 1 aromatic rings. The number of hydrogen-bond donors (Lipinski definition) is 1. The average Bonchev–Trinajstić information content (AvgIpc) is 2.86. The molecule has 122 valence electrons. The van der Waals surface area contributed by atoms with Gasteiger partial charge in [-0.2, -0.15) is 18.2 Å². The molecular weight excluding hydrogens is 287 g/mol. The van der Waals surface area contributed by atoms with Gasteiger partial charge in [0, 0.05) is 12.8 Å². The van der Waals surface area contributed by atoms with Crippen molar-refractivity contribution >= 4 is 0 Å². The molecule has 1 rings (SSSR count). The molecule has 0 spiro atoms. The molecule has 5 nitrogen and oxygen atoms in total. The zero-order valence-electron chi connectivity index (χ0n) is 12.2. The van der Waals surface area contributed by atoms with Crippen LogP contribution in [0.15, 0.2) is 4.52 Å². The quantitative estimate of drug-likeness (QED) is 0.672. The maximum Gasteiger partial charge on any atom is 0.411 e. The van der Waals surface area contributed by atoms with Crippen LogP contribution in [0.3, 0.4) is 0 Å². The van der Waals surface area contributed by atoms with Gasteiger partial charge in [0.15, 0.2) is 5.82 Å². The molecule has 0 amide bonds. The van der Waals surface area contributed by atoms with Gasteiger partial charge in [0.1, 0.15) is 6.61 Å². The van der Waals surface area contributed by atoms with Gasteiger partial charge in [-0.1, -0.05) is 18.5 Å². The molecule has 21 heavy (non-hydrogen) atoms. The van der Waals surface area contributed by atoms with Crippen LogP contribution >= 0.6 is 0 Å². The molecule has 1 atom stereocenters. The largest absolute Gasteiger partial charge is 0.411 e. The first-order valence-electron chi connectivity index (χ1n) is 7.10. The Balaban J connectivity index is 2.26. The number of halogens is 3. The van der Waals surface area contributed by atoms with Crippen molar-refractivity contribution < 1.29 is 22.4 Å². The van der Waals surface area contributed by atoms with Crippen LogP contribution in [-0.4, -0.2) is 36.1 Å². The van der Waals surface area contributed by atoms with Crippen LogP contribution < -0.4 is 5.73 Å². The fourth-order valence-corrected chi connectivity index (χ4v) is 1.96. The average molecular weight is 309 g/mol. The fraction of sp³-hybridized carbons (Fsp3) is 0.846. The van der Waals surface area contributed by atoms with Crippen molar-refractivity contribution in [3.63, 3.8) is 0 Å². The fourth-order valence-electron chi connectivity index (χ4n) is 1.96. The lowest BCUT2D eigenvalue weighted by Crippen LogP contribution is -2.18. The minimum atomic E-state index is -4.30. The summed E-state index contributed by atoms with van der Waals surface area (Å²) >= 11 is 0. The molecule has 0 radical (unpaired) electrons. The van der Waals surface area contributed by atoms with Crippen molar-refractivity contribution in [1.82, 2.24) is 10.1 Å². The second-order valence-corrected chi connectivity index (χ2v) is 4.91. The van der Waals surface area contributed by atoms with E-state index in [0.29, 0.717) is 30.6 Å². The third-order valence-corrected chi connectivity index (χ3v) is 3.16. The maximum atomic E-state index is 11.9. The zero-order valence-corrected chi connectivity index (χ0v) is 12.2. The Morgan fingerprint density at radius 3 is 2.67 bits per heavy atom. The molecule has 8 heteroatoms. The van der Waals surface area contributed by atoms with Crippen molar-refractivity contribution in [2.75, 3.05) is 19.8 Å². The molecule has 1 aromatic heterocycles. The number of alkyl halides is 3. The Morgan fingerprint density at radius 1 is 1.29 bits per heavy atom. The number of nitrogens with two attached hydrogens (primary N) is 1. The lowest BCUT2D eigenvalue weighted by Gasteiger charge is -2.11. The van der Waals surface area contributed by atoms with Gasteiger partial charge in [-0.05, 0) is 25.3 Å². The highest BCUT2D eigenvalue weighted by atomic mass is 19.4. The topological polar surface area (TPSA) is 74.2 Å². The molecule has 0 saturated carbocycles. The zero-order chi connectivity index (χ0) is 15.7. The molecule has 0 bridgehead atoms. The summed E-state index contributed by atoms with van der Waals surface area (Å²) in [6, 6.07) is 0. The van der Waals surface area contributed by atoms with Crippen LogP contribution in [0.25, 0.3) is 0 Å². The Bertz CT molecular complexity index is 396. The molecule has 1 heterocycles. The molecule has 0 aromatic carbocycles. The normalized spacial score (nSPS) is 13.6. The SMILES string of the molecule is CCC(CCN)CCc1nc(CCOCC(F)(F)F)no1. The highest BCUT2D eigenvalue weighted by Gasteiger charge is 2.27. The summed E-state index contributed by atoms with van der Waals surface area (Å²) in [4.78, 5) is 4.14. The lowest BCUT2D eigenvalue weighted by molar-refractivity contribution is -0.173. The van der Waals surface area contributed by atoms with E-state index in [9.17, 15) is 13.2 Å². The second-order valence-electron chi connectivity index (χ2n) is 4.91. The number of nitrogens with zero attached hydrogens (tertiary/aromatic N) is 2. The van der Waals surface area contributed by atoms with Crippen LogP contribution in [0, 0.1) is 5.92 Å². The summed E-state index contributed by atoms with van der Waals surface area (Å²) in [6.45, 7) is 1.43. The van der Waals surface area contributed by atoms with E-state index < -0.39 is 12.8 Å². The Kier molecular flexibility index (Phi) is 7.66. The van der Waals surface area contributed by atoms with Crippen LogP contribution in [-0.2, 0) is 17.6 Å². The minimum absolute atomic E-state index is 0.0801. The molecule has 2 N–H and O–H groups in total. The Hall–Kier alpha value is -1.15. The van der Waals surface area contributed by atoms with Gasteiger partial charge in [0.25, 0.3) is 0 Å². The number of hydrogen-bond acceptors (Lipinski definition) is 5. The highest BCUT2D eigenvalue weighted by Crippen LogP contribution is 2.16. The van der Waals surface area contributed by atoms with Crippen LogP contribution in [0.4, 0.5) is 13.2 Å². The summed E-state index contributed by atoms with van der Waals surface area (Å²) in [5, 5.41) is 3.73. The molecule has 0 aliphatic rings. The third kappa shape index (κ3) is 8.01. The first kappa shape index (κ1) is 17.9. The number of ether oxygens (including phenoxy) is 1. The van der Waals surface area contributed by atoms with Gasteiger partial charge >= 0.3 is 6.18 Å². The van der Waals surface area contributed by atoms with Crippen molar-refractivity contribution in [2.24, 2.45) is 11.7 Å². The molecule has 0 saturated heterocycles. The van der Waals surface area contributed by atoms with Crippen LogP contribution in [0.5, 0.6) is 0 Å². The third-order valence-electron chi connectivity index (χ3n) is 3.16. The summed E-state index contributed by atoms with van der Waals surface area (Å²) in [5.41, 5.74) is 5.53. The minimum Gasteiger partial charge on any atom is -0.372 e. The van der Waals surface area contributed by atoms with Gasteiger partial charge < -0.3 is 15.0 Å². The van der Waals surface area contributed by atoms with Crippen molar-refractivity contribution in [2.45, 2.75) is 45.2 Å². The van der Waals surface area contributed by atoms with E-state index in [2.05, 4.69) is 21.8 Å². The summed E-state index contributed by atoms with van der Waals surface area (Å²) in [7, 11) is 0. The summed E-state index contributed by atoms with van der Waals surface area (Å²) in [6.07, 6.45) is -0.513. The van der Waals surface area contributed by atoms with Crippen LogP contribution in [0.1, 0.15) is 37.9 Å². The van der Waals surface area contributed by atoms with Gasteiger partial charge in [0.05, 0.1) is 6.61 Å². The number of rotatable bonds is 10. The van der Waals surface area contributed by atoms with Crippen LogP contribution in [0.2, 0.25) is 0 Å². The maximum absolute atomic E-state index is 11.9. The highest BCUT2D eigenvalue weighted by molar-refractivity contribution is 4.87. The van der Waals surface area contributed by atoms with Gasteiger partial charge in [0.2, 0.25) is 5.89 Å². The molecule has 0 fully saturated rings. The van der Waals surface area contributed by atoms with E-state index in [0.717, 1.165) is 19.3 Å². The van der Waals surface area contributed by atoms with Gasteiger partial charge in [-0.15, -0.1) is 0 Å². The van der Waals surface area contributed by atoms with Gasteiger partial charge in [-0.3, -0.25) is 0 Å². The number of aromatic nitrogens is 2. The number of aryl methyl sites for hydroxylation is 1. The van der Waals surface area contributed by atoms with E-state index in [1.807, 2.05) is 0 Å². The van der Waals surface area contributed by atoms with Crippen molar-refractivity contribution in [3.05, 3.63) is 11.7 Å². The van der Waals surface area contributed by atoms with Crippen molar-refractivity contribution in [1.29, 1.82) is 0 Å². The molecule has 0 aliphatic heterocycles. The molecular formula is C13H22F3N3O2. The first-order chi connectivity index (χ1) is 9.94. The second kappa shape index (κ2) is 8.99. The summed E-state index contributed by atoms with van der Waals surface area (Å²) < 4.78 is 45.2. The van der Waals surface area contributed by atoms with E-state index in [4.69, 9.17) is 10.3 Å². The Morgan fingerprint density at radius 2 is 2.05 bits per heavy atom. The van der Waals surface area contributed by atoms with Gasteiger partial charge in [-0.25, -0.2) is 0 Å². The predicted molar refractivity (Wildman–Crippen MR) is 70.6 cm³/mol. The first-order valence-corrected chi connectivity index (χ1v) is 7.10. The molecule has 0 aliphatic carbocycles. The summed E-state index contributed by atoms with van der Waals surface area (Å²) in [5.74, 6) is 1.41. The van der Waals surface area contributed by atoms with E-state index in [1.165, 1.54) is 0 Å². The predicted octanol–water partition coefficient (Wildman–Crippen LogP) is 2.50. The van der Waals surface area contributed by atoms with E-state index in [1.54, 1.807) is 0 Å². The lowest BCUT2D eigenvalue weighted by atomic mass is 9.97. The molecule has 1 unspecified atom stereocenters. The standard InChI is InChI=1S/C13H22F3N3O2/c1-2-10(5-7-17)3-4-12-18-11(19-21-12)6-8-20-9-13(14,15)16/h10H,2-9,17H2,1H3. The van der Waals surface area contributed by atoms with E-state index >= 15 is 0 Å². The Labute approximate surface area is 122 Å². The van der Waals surface area contributed by atoms with E-state index in [-0.39, 0.29) is 13.0 Å². The monoisotopic (exact) mass is 309 g/mol. The van der Waals surface area contributed by atoms with Crippen molar-refractivity contribution in [3.8, 4) is 0 Å².